The third-order valence-electron chi connectivity index (χ3n) is 6.54. The molecule has 1 saturated heterocycles. The van der Waals surface area contributed by atoms with Gasteiger partial charge in [0.05, 0.1) is 11.8 Å². The molecule has 2 fully saturated rings. The van der Waals surface area contributed by atoms with Gasteiger partial charge in [0.15, 0.2) is 0 Å². The summed E-state index contributed by atoms with van der Waals surface area (Å²) < 4.78 is 29.6. The van der Waals surface area contributed by atoms with Crippen LogP contribution in [0.5, 0.6) is 0 Å². The minimum atomic E-state index is -3.40. The highest BCUT2D eigenvalue weighted by molar-refractivity contribution is 7.93. The normalized spacial score (nSPS) is 16.3. The zero-order chi connectivity index (χ0) is 24.5. The van der Waals surface area contributed by atoms with Gasteiger partial charge in [-0.3, -0.25) is 4.72 Å². The average Bonchev–Trinajstić information content (AvgIpc) is 3.70. The molecule has 0 bridgehead atoms. The fourth-order valence-electron chi connectivity index (χ4n) is 4.40. The molecule has 1 aliphatic carbocycles. The Hall–Kier alpha value is -3.70. The van der Waals surface area contributed by atoms with Gasteiger partial charge < -0.3 is 20.1 Å². The summed E-state index contributed by atoms with van der Waals surface area (Å²) in [4.78, 5) is 15.9. The van der Waals surface area contributed by atoms with Crippen LogP contribution >= 0.6 is 0 Å². The Kier molecular flexibility index (Phi) is 5.94. The third kappa shape index (κ3) is 4.84. The van der Waals surface area contributed by atoms with Gasteiger partial charge in [0.25, 0.3) is 0 Å². The van der Waals surface area contributed by atoms with Crippen LogP contribution in [0.3, 0.4) is 0 Å². The van der Waals surface area contributed by atoms with E-state index in [1.54, 1.807) is 12.4 Å². The number of piperazine rings is 1. The van der Waals surface area contributed by atoms with Crippen LogP contribution in [0.25, 0.3) is 11.0 Å². The van der Waals surface area contributed by atoms with E-state index in [-0.39, 0.29) is 5.25 Å². The summed E-state index contributed by atoms with van der Waals surface area (Å²) in [7, 11) is -3.40. The SMILES string of the molecule is O=S(=O)(Nc1ncccc1Cn1ccc2cnc(Nc3ccc(N4CCNCC4)cc3)nc21)C1CC1. The molecule has 6 rings (SSSR count). The van der Waals surface area contributed by atoms with Crippen LogP contribution in [-0.4, -0.2) is 59.4 Å². The van der Waals surface area contributed by atoms with E-state index in [1.165, 1.54) is 5.69 Å². The molecule has 1 aliphatic heterocycles. The molecule has 10 nitrogen and oxygen atoms in total. The van der Waals surface area contributed by atoms with Gasteiger partial charge in [0, 0.05) is 67.1 Å². The van der Waals surface area contributed by atoms with Gasteiger partial charge in [-0.2, -0.15) is 4.98 Å². The summed E-state index contributed by atoms with van der Waals surface area (Å²) in [6.07, 6.45) is 6.71. The Balaban J connectivity index is 1.21. The van der Waals surface area contributed by atoms with Gasteiger partial charge in [0.1, 0.15) is 11.5 Å². The smallest absolute Gasteiger partial charge is 0.236 e. The predicted octanol–water partition coefficient (Wildman–Crippen LogP) is 2.93. The van der Waals surface area contributed by atoms with E-state index in [0.29, 0.717) is 31.2 Å². The highest BCUT2D eigenvalue weighted by Crippen LogP contribution is 2.30. The van der Waals surface area contributed by atoms with Crippen LogP contribution in [0.2, 0.25) is 0 Å². The Morgan fingerprint density at radius 3 is 2.61 bits per heavy atom. The molecule has 11 heteroatoms. The lowest BCUT2D eigenvalue weighted by atomic mass is 10.2. The van der Waals surface area contributed by atoms with Crippen molar-refractivity contribution in [2.75, 3.05) is 41.1 Å². The first-order chi connectivity index (χ1) is 17.5. The molecule has 4 aromatic rings. The van der Waals surface area contributed by atoms with Crippen LogP contribution in [-0.2, 0) is 16.6 Å². The van der Waals surface area contributed by atoms with Crippen molar-refractivity contribution in [2.45, 2.75) is 24.6 Å². The van der Waals surface area contributed by atoms with Crippen molar-refractivity contribution in [3.63, 3.8) is 0 Å². The van der Waals surface area contributed by atoms with Crippen molar-refractivity contribution in [2.24, 2.45) is 0 Å². The molecule has 2 aliphatic rings. The number of rotatable bonds is 8. The number of benzene rings is 1. The van der Waals surface area contributed by atoms with Crippen LogP contribution < -0.4 is 20.3 Å². The lowest BCUT2D eigenvalue weighted by Crippen LogP contribution is -2.43. The molecule has 36 heavy (non-hydrogen) atoms. The van der Waals surface area contributed by atoms with Gasteiger partial charge in [-0.05, 0) is 49.2 Å². The molecule has 186 valence electrons. The summed E-state index contributed by atoms with van der Waals surface area (Å²) in [6, 6.07) is 13.9. The highest BCUT2D eigenvalue weighted by atomic mass is 32.2. The highest BCUT2D eigenvalue weighted by Gasteiger charge is 2.36. The molecule has 3 N–H and O–H groups in total. The van der Waals surface area contributed by atoms with Gasteiger partial charge in [-0.15, -0.1) is 0 Å². The lowest BCUT2D eigenvalue weighted by Gasteiger charge is -2.29. The second-order valence-electron chi connectivity index (χ2n) is 9.18. The fourth-order valence-corrected chi connectivity index (χ4v) is 5.78. The van der Waals surface area contributed by atoms with Crippen LogP contribution in [0.1, 0.15) is 18.4 Å². The molecule has 1 aromatic carbocycles. The second-order valence-corrected chi connectivity index (χ2v) is 11.1. The zero-order valence-electron chi connectivity index (χ0n) is 19.8. The van der Waals surface area contributed by atoms with E-state index < -0.39 is 10.0 Å². The van der Waals surface area contributed by atoms with Crippen molar-refractivity contribution in [3.05, 3.63) is 66.6 Å². The van der Waals surface area contributed by atoms with Gasteiger partial charge in [-0.25, -0.2) is 18.4 Å². The van der Waals surface area contributed by atoms with Crippen LogP contribution in [0, 0.1) is 0 Å². The number of nitrogens with one attached hydrogen (secondary N) is 3. The Labute approximate surface area is 209 Å². The van der Waals surface area contributed by atoms with E-state index in [0.717, 1.165) is 48.5 Å². The Morgan fingerprint density at radius 1 is 1.03 bits per heavy atom. The number of sulfonamides is 1. The summed E-state index contributed by atoms with van der Waals surface area (Å²) in [5.41, 5.74) is 3.65. The maximum atomic E-state index is 12.5. The predicted molar refractivity (Wildman–Crippen MR) is 141 cm³/mol. The molecule has 0 spiro atoms. The van der Waals surface area contributed by atoms with Crippen molar-refractivity contribution in [1.82, 2.24) is 24.8 Å². The monoisotopic (exact) mass is 504 g/mol. The van der Waals surface area contributed by atoms with Crippen molar-refractivity contribution in [3.8, 4) is 0 Å². The number of nitrogens with zero attached hydrogens (tertiary/aromatic N) is 5. The molecular weight excluding hydrogens is 476 g/mol. The summed E-state index contributed by atoms with van der Waals surface area (Å²) >= 11 is 0. The van der Waals surface area contributed by atoms with Crippen molar-refractivity contribution >= 4 is 44.2 Å². The molecule has 0 atom stereocenters. The van der Waals surface area contributed by atoms with Gasteiger partial charge in [-0.1, -0.05) is 6.07 Å². The number of fused-ring (bicyclic) bond motifs is 1. The topological polar surface area (TPSA) is 117 Å². The van der Waals surface area contributed by atoms with Crippen LogP contribution in [0.15, 0.2) is 61.1 Å². The first kappa shape index (κ1) is 22.7. The van der Waals surface area contributed by atoms with E-state index in [4.69, 9.17) is 4.98 Å². The lowest BCUT2D eigenvalue weighted by molar-refractivity contribution is 0.589. The number of aromatic nitrogens is 4. The summed E-state index contributed by atoms with van der Waals surface area (Å²) in [5.74, 6) is 0.862. The number of hydrogen-bond acceptors (Lipinski definition) is 8. The molecule has 4 heterocycles. The summed E-state index contributed by atoms with van der Waals surface area (Å²) in [6.45, 7) is 4.44. The van der Waals surface area contributed by atoms with E-state index in [9.17, 15) is 8.42 Å². The standard InChI is InChI=1S/C25H28N8O2S/c34-36(35,22-7-8-22)31-23-19(2-1-10-27-23)17-33-13-9-18-16-28-25(30-24(18)33)29-20-3-5-21(6-4-20)32-14-11-26-12-15-32/h1-6,9-10,13,16,22,26H,7-8,11-12,14-15,17H2,(H,27,31)(H,28,29,30). The van der Waals surface area contributed by atoms with Gasteiger partial charge in [0.2, 0.25) is 16.0 Å². The molecule has 0 radical (unpaired) electrons. The number of anilines is 4. The fraction of sp³-hybridized carbons (Fsp3) is 0.320. The average molecular weight is 505 g/mol. The maximum Gasteiger partial charge on any atom is 0.236 e. The molecular formula is C25H28N8O2S. The van der Waals surface area contributed by atoms with Gasteiger partial charge >= 0.3 is 0 Å². The minimum Gasteiger partial charge on any atom is -0.369 e. The van der Waals surface area contributed by atoms with E-state index in [1.807, 2.05) is 41.1 Å². The molecule has 3 aromatic heterocycles. The van der Waals surface area contributed by atoms with Crippen molar-refractivity contribution < 1.29 is 8.42 Å². The summed E-state index contributed by atoms with van der Waals surface area (Å²) in [5, 5.41) is 7.26. The van der Waals surface area contributed by atoms with Crippen LogP contribution in [0.4, 0.5) is 23.1 Å². The first-order valence-corrected chi connectivity index (χ1v) is 13.7. The van der Waals surface area contributed by atoms with Crippen molar-refractivity contribution in [1.29, 1.82) is 0 Å². The number of hydrogen-bond donors (Lipinski definition) is 3. The number of pyridine rings is 1. The second kappa shape index (κ2) is 9.40. The van der Waals surface area contributed by atoms with E-state index >= 15 is 0 Å². The molecule has 0 amide bonds. The largest absolute Gasteiger partial charge is 0.369 e. The Morgan fingerprint density at radius 2 is 1.83 bits per heavy atom. The van der Waals surface area contributed by atoms with E-state index in [2.05, 4.69) is 42.4 Å². The maximum absolute atomic E-state index is 12.5. The molecule has 0 unspecified atom stereocenters. The first-order valence-electron chi connectivity index (χ1n) is 12.2. The molecule has 1 saturated carbocycles. The third-order valence-corrected chi connectivity index (χ3v) is 8.37. The zero-order valence-corrected chi connectivity index (χ0v) is 20.6. The Bertz CT molecular complexity index is 1480. The minimum absolute atomic E-state index is 0.313. The quantitative estimate of drug-likeness (QED) is 0.335.